The number of benzene rings is 1. The van der Waals surface area contributed by atoms with E-state index in [0.717, 1.165) is 4.88 Å². The van der Waals surface area contributed by atoms with Gasteiger partial charge in [0.2, 0.25) is 0 Å². The second-order valence-electron chi connectivity index (χ2n) is 6.35. The number of halogens is 1. The zero-order valence-corrected chi connectivity index (χ0v) is 17.2. The summed E-state index contributed by atoms with van der Waals surface area (Å²) in [5.41, 5.74) is 1.14. The van der Waals surface area contributed by atoms with E-state index in [0.29, 0.717) is 35.4 Å². The summed E-state index contributed by atoms with van der Waals surface area (Å²) in [5, 5.41) is 5.51. The molecule has 2 rings (SSSR count). The molecule has 0 saturated heterocycles. The lowest BCUT2D eigenvalue weighted by molar-refractivity contribution is 0.147. The molecular weight excluding hydrogens is 386 g/mol. The highest BCUT2D eigenvalue weighted by Crippen LogP contribution is 2.23. The van der Waals surface area contributed by atoms with Crippen molar-refractivity contribution in [3.05, 3.63) is 45.6 Å². The largest absolute Gasteiger partial charge is 0.449 e. The second-order valence-corrected chi connectivity index (χ2v) is 8.15. The van der Waals surface area contributed by atoms with Gasteiger partial charge in [-0.25, -0.2) is 9.59 Å². The van der Waals surface area contributed by atoms with Crippen molar-refractivity contribution in [2.24, 2.45) is 5.92 Å². The fourth-order valence-electron chi connectivity index (χ4n) is 2.23. The standard InChI is InChI=1S/C19H24ClN3O3S/c1-4-23(11-16-8-9-17(20)27-16)18(24)21-14-6-5-7-15(10-14)22-19(25)26-12-13(2)3/h5-10,13H,4,11-12H2,1-3H3,(H,21,24)(H,22,25). The third kappa shape index (κ3) is 7.11. The van der Waals surface area contributed by atoms with Gasteiger partial charge in [-0.15, -0.1) is 11.3 Å². The van der Waals surface area contributed by atoms with Crippen LogP contribution >= 0.6 is 22.9 Å². The molecule has 27 heavy (non-hydrogen) atoms. The zero-order chi connectivity index (χ0) is 19.8. The fourth-order valence-corrected chi connectivity index (χ4v) is 3.33. The Bertz CT molecular complexity index is 779. The van der Waals surface area contributed by atoms with E-state index in [-0.39, 0.29) is 11.9 Å². The summed E-state index contributed by atoms with van der Waals surface area (Å²) in [7, 11) is 0. The van der Waals surface area contributed by atoms with Gasteiger partial charge in [0.25, 0.3) is 0 Å². The third-order valence-corrected chi connectivity index (χ3v) is 4.77. The number of ether oxygens (including phenoxy) is 1. The Balaban J connectivity index is 1.95. The van der Waals surface area contributed by atoms with Gasteiger partial charge < -0.3 is 15.0 Å². The molecule has 0 spiro atoms. The molecule has 146 valence electrons. The number of rotatable bonds is 7. The van der Waals surface area contributed by atoms with Gasteiger partial charge >= 0.3 is 12.1 Å². The number of nitrogens with zero attached hydrogens (tertiary/aromatic N) is 1. The number of hydrogen-bond donors (Lipinski definition) is 2. The van der Waals surface area contributed by atoms with E-state index in [9.17, 15) is 9.59 Å². The summed E-state index contributed by atoms with van der Waals surface area (Å²) in [4.78, 5) is 27.0. The minimum absolute atomic E-state index is 0.221. The van der Waals surface area contributed by atoms with Crippen LogP contribution in [0, 0.1) is 5.92 Å². The summed E-state index contributed by atoms with van der Waals surface area (Å²) in [6.45, 7) is 7.23. The Morgan fingerprint density at radius 2 is 1.89 bits per heavy atom. The van der Waals surface area contributed by atoms with E-state index in [4.69, 9.17) is 16.3 Å². The number of nitrogens with one attached hydrogen (secondary N) is 2. The molecule has 0 unspecified atom stereocenters. The smallest absolute Gasteiger partial charge is 0.411 e. The Labute approximate surface area is 168 Å². The van der Waals surface area contributed by atoms with Gasteiger partial charge in [0.1, 0.15) is 0 Å². The van der Waals surface area contributed by atoms with Crippen LogP contribution in [0.2, 0.25) is 4.34 Å². The minimum atomic E-state index is -0.517. The molecule has 0 fully saturated rings. The molecule has 0 aliphatic rings. The molecule has 1 aromatic carbocycles. The van der Waals surface area contributed by atoms with Crippen LogP contribution in [-0.2, 0) is 11.3 Å². The maximum atomic E-state index is 12.5. The molecule has 3 amide bonds. The van der Waals surface area contributed by atoms with Crippen molar-refractivity contribution >= 4 is 46.4 Å². The molecule has 0 atom stereocenters. The first-order valence-corrected chi connectivity index (χ1v) is 9.90. The van der Waals surface area contributed by atoms with Crippen LogP contribution in [0.15, 0.2) is 36.4 Å². The number of anilines is 2. The monoisotopic (exact) mass is 409 g/mol. The number of thiophene rings is 1. The van der Waals surface area contributed by atoms with Crippen LogP contribution < -0.4 is 10.6 Å². The lowest BCUT2D eigenvalue weighted by Crippen LogP contribution is -2.34. The first-order chi connectivity index (χ1) is 12.9. The summed E-state index contributed by atoms with van der Waals surface area (Å²) < 4.78 is 5.80. The number of amides is 3. The van der Waals surface area contributed by atoms with Gasteiger partial charge in [0, 0.05) is 22.8 Å². The highest BCUT2D eigenvalue weighted by atomic mass is 35.5. The van der Waals surface area contributed by atoms with Crippen molar-refractivity contribution in [1.82, 2.24) is 4.90 Å². The molecule has 1 heterocycles. The normalized spacial score (nSPS) is 10.6. The van der Waals surface area contributed by atoms with Crippen LogP contribution in [0.1, 0.15) is 25.6 Å². The molecule has 0 saturated carbocycles. The summed E-state index contributed by atoms with van der Waals surface area (Å²) in [6.07, 6.45) is -0.517. The summed E-state index contributed by atoms with van der Waals surface area (Å²) in [5.74, 6) is 0.264. The molecule has 2 aromatic rings. The lowest BCUT2D eigenvalue weighted by Gasteiger charge is -2.21. The molecular formula is C19H24ClN3O3S. The van der Waals surface area contributed by atoms with Gasteiger partial charge in [0.15, 0.2) is 0 Å². The second kappa shape index (κ2) is 10.2. The average Bonchev–Trinajstić information content (AvgIpc) is 3.03. The molecule has 0 aliphatic carbocycles. The lowest BCUT2D eigenvalue weighted by atomic mass is 10.2. The molecule has 1 aromatic heterocycles. The Hall–Kier alpha value is -2.25. The zero-order valence-electron chi connectivity index (χ0n) is 15.6. The maximum Gasteiger partial charge on any atom is 0.411 e. The average molecular weight is 410 g/mol. The van der Waals surface area contributed by atoms with Crippen LogP contribution in [0.25, 0.3) is 0 Å². The van der Waals surface area contributed by atoms with E-state index >= 15 is 0 Å². The SMILES string of the molecule is CCN(Cc1ccc(Cl)s1)C(=O)Nc1cccc(NC(=O)OCC(C)C)c1. The van der Waals surface area contributed by atoms with Crippen LogP contribution in [0.3, 0.4) is 0 Å². The predicted molar refractivity (Wildman–Crippen MR) is 111 cm³/mol. The van der Waals surface area contributed by atoms with Crippen molar-refractivity contribution in [2.75, 3.05) is 23.8 Å². The number of carbonyl (C=O) groups is 2. The molecule has 0 bridgehead atoms. The van der Waals surface area contributed by atoms with Crippen molar-refractivity contribution in [3.8, 4) is 0 Å². The third-order valence-electron chi connectivity index (χ3n) is 3.55. The number of hydrogen-bond acceptors (Lipinski definition) is 4. The van der Waals surface area contributed by atoms with E-state index < -0.39 is 6.09 Å². The van der Waals surface area contributed by atoms with Gasteiger partial charge in [-0.1, -0.05) is 31.5 Å². The van der Waals surface area contributed by atoms with Gasteiger partial charge in [-0.2, -0.15) is 0 Å². The van der Waals surface area contributed by atoms with Gasteiger partial charge in [0.05, 0.1) is 17.5 Å². The molecule has 0 aliphatic heterocycles. The number of carbonyl (C=O) groups excluding carboxylic acids is 2. The van der Waals surface area contributed by atoms with Gasteiger partial charge in [-0.3, -0.25) is 5.32 Å². The topological polar surface area (TPSA) is 70.7 Å². The van der Waals surface area contributed by atoms with Gasteiger partial charge in [-0.05, 0) is 43.2 Å². The first-order valence-electron chi connectivity index (χ1n) is 8.71. The van der Waals surface area contributed by atoms with Crippen molar-refractivity contribution in [2.45, 2.75) is 27.3 Å². The molecule has 0 radical (unpaired) electrons. The van der Waals surface area contributed by atoms with Crippen molar-refractivity contribution < 1.29 is 14.3 Å². The highest BCUT2D eigenvalue weighted by molar-refractivity contribution is 7.16. The number of urea groups is 1. The van der Waals surface area contributed by atoms with Crippen molar-refractivity contribution in [1.29, 1.82) is 0 Å². The summed E-state index contributed by atoms with van der Waals surface area (Å²) >= 11 is 7.40. The Morgan fingerprint density at radius 1 is 1.19 bits per heavy atom. The molecule has 2 N–H and O–H groups in total. The first kappa shape index (κ1) is 21.1. The minimum Gasteiger partial charge on any atom is -0.449 e. The maximum absolute atomic E-state index is 12.5. The van der Waals surface area contributed by atoms with Crippen LogP contribution in [0.4, 0.5) is 21.0 Å². The van der Waals surface area contributed by atoms with Crippen LogP contribution in [0.5, 0.6) is 0 Å². The predicted octanol–water partition coefficient (Wildman–Crippen LogP) is 5.66. The quantitative estimate of drug-likeness (QED) is 0.619. The van der Waals surface area contributed by atoms with Crippen LogP contribution in [-0.4, -0.2) is 30.2 Å². The highest BCUT2D eigenvalue weighted by Gasteiger charge is 2.14. The molecule has 6 nitrogen and oxygen atoms in total. The fraction of sp³-hybridized carbons (Fsp3) is 0.368. The van der Waals surface area contributed by atoms with E-state index in [1.54, 1.807) is 29.2 Å². The van der Waals surface area contributed by atoms with E-state index in [1.165, 1.54) is 11.3 Å². The molecule has 8 heteroatoms. The van der Waals surface area contributed by atoms with E-state index in [2.05, 4.69) is 10.6 Å². The van der Waals surface area contributed by atoms with Crippen molar-refractivity contribution in [3.63, 3.8) is 0 Å². The van der Waals surface area contributed by atoms with E-state index in [1.807, 2.05) is 32.9 Å². The Kier molecular flexibility index (Phi) is 7.94. The Morgan fingerprint density at radius 3 is 2.48 bits per heavy atom. The summed E-state index contributed by atoms with van der Waals surface area (Å²) in [6, 6.07) is 10.4.